The third-order valence-corrected chi connectivity index (χ3v) is 3.58. The molecule has 0 aliphatic carbocycles. The zero-order chi connectivity index (χ0) is 13.9. The van der Waals surface area contributed by atoms with Crippen molar-refractivity contribution in [2.75, 3.05) is 19.7 Å². The van der Waals surface area contributed by atoms with E-state index in [1.165, 1.54) is 0 Å². The average Bonchev–Trinajstić information content (AvgIpc) is 2.90. The third-order valence-electron chi connectivity index (χ3n) is 3.58. The van der Waals surface area contributed by atoms with Crippen LogP contribution in [0.25, 0.3) is 10.9 Å². The Hall–Kier alpha value is -2.32. The van der Waals surface area contributed by atoms with Crippen molar-refractivity contribution in [3.8, 4) is 6.07 Å². The number of aromatic amines is 1. The molecule has 20 heavy (non-hydrogen) atoms. The van der Waals surface area contributed by atoms with Gasteiger partial charge in [0.2, 0.25) is 5.91 Å². The summed E-state index contributed by atoms with van der Waals surface area (Å²) in [5.41, 5.74) is 2.03. The molecule has 1 unspecified atom stereocenters. The predicted molar refractivity (Wildman–Crippen MR) is 73.9 cm³/mol. The number of amides is 1. The second kappa shape index (κ2) is 5.35. The molecule has 5 nitrogen and oxygen atoms in total. The predicted octanol–water partition coefficient (Wildman–Crippen LogP) is 1.46. The first-order valence-electron chi connectivity index (χ1n) is 6.62. The normalized spacial score (nSPS) is 18.9. The number of nitrogens with zero attached hydrogens (tertiary/aromatic N) is 2. The van der Waals surface area contributed by atoms with Gasteiger partial charge in [0, 0.05) is 23.6 Å². The number of carbonyl (C=O) groups excluding carboxylic acids is 1. The van der Waals surface area contributed by atoms with E-state index in [9.17, 15) is 4.79 Å². The Balaban J connectivity index is 1.74. The molecule has 1 amide bonds. The molecule has 0 spiro atoms. The summed E-state index contributed by atoms with van der Waals surface area (Å²) in [7, 11) is 0. The van der Waals surface area contributed by atoms with Gasteiger partial charge in [-0.05, 0) is 11.6 Å². The zero-order valence-electron chi connectivity index (χ0n) is 11.0. The van der Waals surface area contributed by atoms with Crippen LogP contribution >= 0.6 is 0 Å². The molecule has 0 radical (unpaired) electrons. The molecule has 1 fully saturated rings. The van der Waals surface area contributed by atoms with E-state index in [-0.39, 0.29) is 5.91 Å². The Labute approximate surface area is 116 Å². The molecular weight excluding hydrogens is 254 g/mol. The third kappa shape index (κ3) is 2.38. The fourth-order valence-corrected chi connectivity index (χ4v) is 2.51. The van der Waals surface area contributed by atoms with Crippen LogP contribution in [0.4, 0.5) is 0 Å². The van der Waals surface area contributed by atoms with Crippen molar-refractivity contribution < 1.29 is 9.53 Å². The minimum Gasteiger partial charge on any atom is -0.361 e. The number of H-pyrrole nitrogens is 1. The van der Waals surface area contributed by atoms with Crippen LogP contribution in [0.15, 0.2) is 30.5 Å². The highest BCUT2D eigenvalue weighted by Crippen LogP contribution is 2.19. The summed E-state index contributed by atoms with van der Waals surface area (Å²) in [5, 5.41) is 9.95. The molecule has 1 atom stereocenters. The van der Waals surface area contributed by atoms with Gasteiger partial charge in [-0.2, -0.15) is 5.26 Å². The maximum absolute atomic E-state index is 12.3. The van der Waals surface area contributed by atoms with Crippen LogP contribution in [0.5, 0.6) is 0 Å². The maximum Gasteiger partial charge on any atom is 0.227 e. The smallest absolute Gasteiger partial charge is 0.227 e. The van der Waals surface area contributed by atoms with Crippen molar-refractivity contribution in [2.45, 2.75) is 12.5 Å². The number of morpholine rings is 1. The summed E-state index contributed by atoms with van der Waals surface area (Å²) in [5.74, 6) is 0.0401. The van der Waals surface area contributed by atoms with Gasteiger partial charge in [-0.1, -0.05) is 18.2 Å². The van der Waals surface area contributed by atoms with E-state index in [4.69, 9.17) is 10.00 Å². The van der Waals surface area contributed by atoms with Crippen molar-refractivity contribution in [2.24, 2.45) is 0 Å². The molecule has 1 aromatic heterocycles. The van der Waals surface area contributed by atoms with Gasteiger partial charge in [-0.15, -0.1) is 0 Å². The molecule has 2 aromatic rings. The van der Waals surface area contributed by atoms with Crippen LogP contribution in [-0.2, 0) is 16.0 Å². The minimum absolute atomic E-state index is 0.0401. The molecule has 102 valence electrons. The van der Waals surface area contributed by atoms with E-state index >= 15 is 0 Å². The van der Waals surface area contributed by atoms with E-state index in [1.54, 1.807) is 4.90 Å². The summed E-state index contributed by atoms with van der Waals surface area (Å²) in [4.78, 5) is 17.2. The average molecular weight is 269 g/mol. The van der Waals surface area contributed by atoms with Crippen LogP contribution in [0.3, 0.4) is 0 Å². The van der Waals surface area contributed by atoms with Gasteiger partial charge in [0.05, 0.1) is 25.6 Å². The number of aromatic nitrogens is 1. The lowest BCUT2D eigenvalue weighted by Gasteiger charge is -2.29. The van der Waals surface area contributed by atoms with E-state index in [0.717, 1.165) is 16.5 Å². The van der Waals surface area contributed by atoms with Crippen LogP contribution in [-0.4, -0.2) is 41.6 Å². The molecule has 1 aliphatic rings. The van der Waals surface area contributed by atoms with E-state index < -0.39 is 6.10 Å². The second-order valence-corrected chi connectivity index (χ2v) is 4.86. The lowest BCUT2D eigenvalue weighted by molar-refractivity contribution is -0.136. The van der Waals surface area contributed by atoms with Gasteiger partial charge in [0.1, 0.15) is 0 Å². The number of rotatable bonds is 2. The molecule has 2 heterocycles. The first-order chi connectivity index (χ1) is 9.78. The minimum atomic E-state index is -0.504. The summed E-state index contributed by atoms with van der Waals surface area (Å²) < 4.78 is 5.25. The van der Waals surface area contributed by atoms with E-state index in [0.29, 0.717) is 26.1 Å². The molecule has 0 saturated carbocycles. The monoisotopic (exact) mass is 269 g/mol. The highest BCUT2D eigenvalue weighted by atomic mass is 16.5. The standard InChI is InChI=1S/C15H15N3O2/c16-8-12-10-18(5-6-20-12)15(19)7-11-9-17-14-4-2-1-3-13(11)14/h1-4,9,12,17H,5-7,10H2. The number of fused-ring (bicyclic) bond motifs is 1. The maximum atomic E-state index is 12.3. The number of para-hydroxylation sites is 1. The number of ether oxygens (including phenoxy) is 1. The second-order valence-electron chi connectivity index (χ2n) is 4.86. The van der Waals surface area contributed by atoms with Gasteiger partial charge in [-0.3, -0.25) is 4.79 Å². The number of benzene rings is 1. The fourth-order valence-electron chi connectivity index (χ4n) is 2.51. The Morgan fingerprint density at radius 2 is 2.35 bits per heavy atom. The van der Waals surface area contributed by atoms with Gasteiger partial charge in [0.15, 0.2) is 6.10 Å². The lowest BCUT2D eigenvalue weighted by Crippen LogP contribution is -2.45. The first kappa shape index (κ1) is 12.7. The van der Waals surface area contributed by atoms with Gasteiger partial charge in [-0.25, -0.2) is 0 Å². The summed E-state index contributed by atoms with van der Waals surface area (Å²) in [6.45, 7) is 1.34. The lowest BCUT2D eigenvalue weighted by atomic mass is 10.1. The molecular formula is C15H15N3O2. The molecule has 1 aliphatic heterocycles. The number of hydrogen-bond donors (Lipinski definition) is 1. The molecule has 3 rings (SSSR count). The molecule has 1 aromatic carbocycles. The van der Waals surface area contributed by atoms with E-state index in [2.05, 4.69) is 11.1 Å². The SMILES string of the molecule is N#CC1CN(C(=O)Cc2c[nH]c3ccccc23)CCO1. The topological polar surface area (TPSA) is 69.1 Å². The first-order valence-corrected chi connectivity index (χ1v) is 6.62. The van der Waals surface area contributed by atoms with Crippen LogP contribution in [0, 0.1) is 11.3 Å². The van der Waals surface area contributed by atoms with Crippen molar-refractivity contribution in [3.63, 3.8) is 0 Å². The van der Waals surface area contributed by atoms with Gasteiger partial charge < -0.3 is 14.6 Å². The molecule has 5 heteroatoms. The molecule has 1 N–H and O–H groups in total. The molecule has 0 bridgehead atoms. The summed E-state index contributed by atoms with van der Waals surface area (Å²) in [6.07, 6.45) is 1.73. The van der Waals surface area contributed by atoms with Crippen molar-refractivity contribution in [1.29, 1.82) is 5.26 Å². The quantitative estimate of drug-likeness (QED) is 0.897. The Bertz CT molecular complexity index is 671. The number of nitriles is 1. The Morgan fingerprint density at radius 1 is 1.50 bits per heavy atom. The van der Waals surface area contributed by atoms with Crippen molar-refractivity contribution in [3.05, 3.63) is 36.0 Å². The van der Waals surface area contributed by atoms with Gasteiger partial charge >= 0.3 is 0 Å². The largest absolute Gasteiger partial charge is 0.361 e. The highest BCUT2D eigenvalue weighted by molar-refractivity contribution is 5.88. The van der Waals surface area contributed by atoms with Crippen molar-refractivity contribution >= 4 is 16.8 Å². The molecule has 1 saturated heterocycles. The fraction of sp³-hybridized carbons (Fsp3) is 0.333. The summed E-state index contributed by atoms with van der Waals surface area (Å²) >= 11 is 0. The number of hydrogen-bond acceptors (Lipinski definition) is 3. The Kier molecular flexibility index (Phi) is 3.40. The Morgan fingerprint density at radius 3 is 3.20 bits per heavy atom. The number of nitrogens with one attached hydrogen (secondary N) is 1. The highest BCUT2D eigenvalue weighted by Gasteiger charge is 2.24. The van der Waals surface area contributed by atoms with Crippen molar-refractivity contribution in [1.82, 2.24) is 9.88 Å². The summed E-state index contributed by atoms with van der Waals surface area (Å²) in [6, 6.07) is 9.98. The zero-order valence-corrected chi connectivity index (χ0v) is 11.0. The van der Waals surface area contributed by atoms with Gasteiger partial charge in [0.25, 0.3) is 0 Å². The van der Waals surface area contributed by atoms with Crippen LogP contribution < -0.4 is 0 Å². The van der Waals surface area contributed by atoms with Crippen LogP contribution in [0.2, 0.25) is 0 Å². The van der Waals surface area contributed by atoms with Crippen LogP contribution in [0.1, 0.15) is 5.56 Å². The van der Waals surface area contributed by atoms with E-state index in [1.807, 2.05) is 30.5 Å². The number of carbonyl (C=O) groups is 1.